The van der Waals surface area contributed by atoms with Crippen molar-refractivity contribution >= 4 is 21.6 Å². The Hall–Kier alpha value is -1.26. The van der Waals surface area contributed by atoms with Gasteiger partial charge in [0.05, 0.1) is 21.6 Å². The Labute approximate surface area is 125 Å². The van der Waals surface area contributed by atoms with Gasteiger partial charge < -0.3 is 0 Å². The predicted octanol–water partition coefficient (Wildman–Crippen LogP) is 3.65. The van der Waals surface area contributed by atoms with Crippen LogP contribution in [0.25, 0.3) is 0 Å². The van der Waals surface area contributed by atoms with Crippen LogP contribution in [-0.4, -0.2) is 13.0 Å². The lowest BCUT2D eigenvalue weighted by atomic mass is 10.2. The molecule has 3 atom stereocenters. The van der Waals surface area contributed by atoms with Gasteiger partial charge in [-0.1, -0.05) is 37.3 Å². The molecule has 3 unspecified atom stereocenters. The van der Waals surface area contributed by atoms with Crippen LogP contribution < -0.4 is 0 Å². The molecule has 2 aromatic rings. The van der Waals surface area contributed by atoms with Crippen molar-refractivity contribution in [1.82, 2.24) is 0 Å². The lowest BCUT2D eigenvalue weighted by Gasteiger charge is -2.15. The summed E-state index contributed by atoms with van der Waals surface area (Å²) in [5.41, 5.74) is 1.07. The maximum absolute atomic E-state index is 12.7. The van der Waals surface area contributed by atoms with E-state index in [1.807, 2.05) is 68.4 Å². The van der Waals surface area contributed by atoms with Gasteiger partial charge in [0, 0.05) is 9.79 Å². The van der Waals surface area contributed by atoms with E-state index < -0.39 is 21.6 Å². The van der Waals surface area contributed by atoms with Crippen LogP contribution in [0.3, 0.4) is 0 Å². The van der Waals surface area contributed by atoms with Crippen LogP contribution in [0.1, 0.15) is 18.9 Å². The van der Waals surface area contributed by atoms with E-state index in [0.717, 1.165) is 15.4 Å². The number of hydrogen-bond acceptors (Lipinski definition) is 2. The van der Waals surface area contributed by atoms with Crippen LogP contribution in [0.4, 0.5) is 0 Å². The number of rotatable bonds is 5. The summed E-state index contributed by atoms with van der Waals surface area (Å²) in [6.07, 6.45) is 0.613. The van der Waals surface area contributed by atoms with Gasteiger partial charge in [-0.2, -0.15) is 0 Å². The van der Waals surface area contributed by atoms with Crippen LogP contribution >= 0.6 is 0 Å². The van der Waals surface area contributed by atoms with Gasteiger partial charge in [0.1, 0.15) is 4.58 Å². The molecule has 0 aliphatic carbocycles. The molecular weight excluding hydrogens is 288 g/mol. The van der Waals surface area contributed by atoms with Crippen molar-refractivity contribution in [2.45, 2.75) is 34.6 Å². The fraction of sp³-hybridized carbons (Fsp3) is 0.250. The van der Waals surface area contributed by atoms with Crippen molar-refractivity contribution in [3.05, 3.63) is 60.2 Å². The largest absolute Gasteiger partial charge is 0.253 e. The van der Waals surface area contributed by atoms with E-state index in [1.165, 1.54) is 0 Å². The van der Waals surface area contributed by atoms with Gasteiger partial charge in [-0.25, -0.2) is 0 Å². The van der Waals surface area contributed by atoms with Crippen LogP contribution in [-0.2, 0) is 21.6 Å². The highest BCUT2D eigenvalue weighted by atomic mass is 32.2. The molecule has 0 aliphatic rings. The normalized spacial score (nSPS) is 15.5. The zero-order valence-corrected chi connectivity index (χ0v) is 13.2. The van der Waals surface area contributed by atoms with E-state index in [-0.39, 0.29) is 4.58 Å². The molecule has 0 fully saturated rings. The Morgan fingerprint density at radius 1 is 0.900 bits per heavy atom. The summed E-state index contributed by atoms with van der Waals surface area (Å²) in [7, 11) is -2.52. The Kier molecular flexibility index (Phi) is 5.26. The van der Waals surface area contributed by atoms with E-state index in [2.05, 4.69) is 0 Å². The molecular formula is C16H18O2S2. The Morgan fingerprint density at radius 2 is 1.50 bits per heavy atom. The van der Waals surface area contributed by atoms with Crippen molar-refractivity contribution in [2.75, 3.05) is 0 Å². The molecule has 20 heavy (non-hydrogen) atoms. The molecule has 0 heterocycles. The first-order chi connectivity index (χ1) is 9.63. The van der Waals surface area contributed by atoms with Crippen molar-refractivity contribution in [3.8, 4) is 0 Å². The van der Waals surface area contributed by atoms with Crippen molar-refractivity contribution in [1.29, 1.82) is 0 Å². The average Bonchev–Trinajstić information content (AvgIpc) is 2.48. The Bertz CT molecular complexity index is 623. The molecule has 2 nitrogen and oxygen atoms in total. The quantitative estimate of drug-likeness (QED) is 0.845. The van der Waals surface area contributed by atoms with Gasteiger partial charge in [0.2, 0.25) is 0 Å². The van der Waals surface area contributed by atoms with Gasteiger partial charge in [-0.15, -0.1) is 0 Å². The number of aryl methyl sites for hydroxylation is 1. The second-order valence-electron chi connectivity index (χ2n) is 4.56. The fourth-order valence-electron chi connectivity index (χ4n) is 1.98. The molecule has 0 radical (unpaired) electrons. The molecule has 0 aromatic heterocycles. The minimum Gasteiger partial charge on any atom is -0.253 e. The van der Waals surface area contributed by atoms with Gasteiger partial charge in [-0.3, -0.25) is 8.42 Å². The van der Waals surface area contributed by atoms with Crippen LogP contribution in [0.15, 0.2) is 64.4 Å². The lowest BCUT2D eigenvalue weighted by Crippen LogP contribution is -2.20. The number of benzene rings is 2. The summed E-state index contributed by atoms with van der Waals surface area (Å²) in [5, 5.41) is 0. The molecule has 0 saturated carbocycles. The van der Waals surface area contributed by atoms with Crippen molar-refractivity contribution < 1.29 is 8.42 Å². The minimum atomic E-state index is -1.26. The fourth-order valence-corrected chi connectivity index (χ4v) is 5.44. The standard InChI is InChI=1S/C16H18O2S2/c1-3-16(19(17)14-9-5-4-6-10-14)20(18)15-11-7-8-13(2)12-15/h4-12,16H,3H2,1-2H3. The topological polar surface area (TPSA) is 34.1 Å². The highest BCUT2D eigenvalue weighted by Gasteiger charge is 2.24. The Morgan fingerprint density at radius 3 is 2.10 bits per heavy atom. The third kappa shape index (κ3) is 3.44. The molecule has 0 aliphatic heterocycles. The maximum Gasteiger partial charge on any atom is 0.119 e. The SMILES string of the molecule is CCC(S(=O)c1ccccc1)S(=O)c1cccc(C)c1. The van der Waals surface area contributed by atoms with E-state index in [9.17, 15) is 8.42 Å². The van der Waals surface area contributed by atoms with E-state index in [0.29, 0.717) is 6.42 Å². The molecule has 0 bridgehead atoms. The first-order valence-corrected chi connectivity index (χ1v) is 8.99. The zero-order chi connectivity index (χ0) is 14.5. The molecule has 0 saturated heterocycles. The van der Waals surface area contributed by atoms with E-state index in [1.54, 1.807) is 0 Å². The van der Waals surface area contributed by atoms with Crippen LogP contribution in [0.5, 0.6) is 0 Å². The lowest BCUT2D eigenvalue weighted by molar-refractivity contribution is 0.666. The summed E-state index contributed by atoms with van der Waals surface area (Å²) in [4.78, 5) is 1.49. The zero-order valence-electron chi connectivity index (χ0n) is 11.6. The molecule has 0 N–H and O–H groups in total. The maximum atomic E-state index is 12.7. The highest BCUT2D eigenvalue weighted by Crippen LogP contribution is 2.22. The van der Waals surface area contributed by atoms with E-state index >= 15 is 0 Å². The first kappa shape index (κ1) is 15.1. The molecule has 0 amide bonds. The van der Waals surface area contributed by atoms with Gasteiger partial charge in [0.25, 0.3) is 0 Å². The van der Waals surface area contributed by atoms with Crippen molar-refractivity contribution in [2.24, 2.45) is 0 Å². The summed E-state index contributed by atoms with van der Waals surface area (Å²) in [5.74, 6) is 0. The third-order valence-corrected chi connectivity index (χ3v) is 7.13. The average molecular weight is 306 g/mol. The molecule has 2 rings (SSSR count). The van der Waals surface area contributed by atoms with Gasteiger partial charge >= 0.3 is 0 Å². The van der Waals surface area contributed by atoms with E-state index in [4.69, 9.17) is 0 Å². The Balaban J connectivity index is 2.29. The summed E-state index contributed by atoms with van der Waals surface area (Å²) in [6, 6.07) is 16.9. The summed E-state index contributed by atoms with van der Waals surface area (Å²) >= 11 is 0. The molecule has 2 aromatic carbocycles. The second-order valence-corrected chi connectivity index (χ2v) is 8.13. The molecule has 4 heteroatoms. The molecule has 0 spiro atoms. The second kappa shape index (κ2) is 6.95. The highest BCUT2D eigenvalue weighted by molar-refractivity contribution is 8.03. The smallest absolute Gasteiger partial charge is 0.119 e. The van der Waals surface area contributed by atoms with Crippen molar-refractivity contribution in [3.63, 3.8) is 0 Å². The van der Waals surface area contributed by atoms with Crippen LogP contribution in [0, 0.1) is 6.92 Å². The predicted molar refractivity (Wildman–Crippen MR) is 84.5 cm³/mol. The molecule has 106 valence electrons. The first-order valence-electron chi connectivity index (χ1n) is 6.56. The number of hydrogen-bond donors (Lipinski definition) is 0. The monoisotopic (exact) mass is 306 g/mol. The van der Waals surface area contributed by atoms with Gasteiger partial charge in [-0.05, 0) is 43.2 Å². The van der Waals surface area contributed by atoms with Gasteiger partial charge in [0.15, 0.2) is 0 Å². The summed E-state index contributed by atoms with van der Waals surface area (Å²) < 4.78 is 24.9. The third-order valence-electron chi connectivity index (χ3n) is 3.01. The minimum absolute atomic E-state index is 0.376. The van der Waals surface area contributed by atoms with Crippen LogP contribution in [0.2, 0.25) is 0 Å². The summed E-state index contributed by atoms with van der Waals surface area (Å²) in [6.45, 7) is 3.90.